The van der Waals surface area contributed by atoms with E-state index in [1.54, 1.807) is 0 Å². The van der Waals surface area contributed by atoms with Crippen LogP contribution in [0.3, 0.4) is 0 Å². The molecule has 44 heavy (non-hydrogen) atoms. The van der Waals surface area contributed by atoms with E-state index in [-0.39, 0.29) is 46.1 Å². The zero-order valence-electron chi connectivity index (χ0n) is 28.5. The smallest absolute Gasteiger partial charge is 0.313 e. The Hall–Kier alpha value is -2.43. The van der Waals surface area contributed by atoms with Crippen molar-refractivity contribution in [3.63, 3.8) is 0 Å². The maximum absolute atomic E-state index is 14.2. The number of anilines is 1. The summed E-state index contributed by atoms with van der Waals surface area (Å²) in [4.78, 5) is 40.1. The highest BCUT2D eigenvalue weighted by molar-refractivity contribution is 5.93. The number of fused-ring (bicyclic) bond motifs is 7. The molecule has 0 radical (unpaired) electrons. The molecule has 240 valence electrons. The molecule has 1 N–H and O–H groups in total. The van der Waals surface area contributed by atoms with E-state index in [0.29, 0.717) is 41.6 Å². The Bertz CT molecular complexity index is 1380. The van der Waals surface area contributed by atoms with E-state index in [2.05, 4.69) is 59.9 Å². The van der Waals surface area contributed by atoms with Gasteiger partial charge in [-0.2, -0.15) is 0 Å². The second-order valence-corrected chi connectivity index (χ2v) is 16.9. The maximum atomic E-state index is 14.2. The zero-order chi connectivity index (χ0) is 31.9. The SMILES string of the molecule is Cc1ccc(NC(=O)COC(=O)[C@]23CC[C@@H](C)[C@H](C)[C@H]2C2=CC[C@@H]4[C@@]5(C)CCC(=O)C(C)(C)[C@@H]5CC[C@@]4(C)[C@]2(C)CC3)cc1. The van der Waals surface area contributed by atoms with Gasteiger partial charge in [-0.15, -0.1) is 0 Å². The average molecular weight is 602 g/mol. The number of nitrogens with one attached hydrogen (secondary N) is 1. The van der Waals surface area contributed by atoms with Gasteiger partial charge in [-0.1, -0.05) is 77.8 Å². The van der Waals surface area contributed by atoms with Gasteiger partial charge in [0, 0.05) is 17.5 Å². The van der Waals surface area contributed by atoms with Crippen molar-refractivity contribution in [1.29, 1.82) is 0 Å². The van der Waals surface area contributed by atoms with E-state index in [1.807, 2.05) is 31.2 Å². The standard InChI is InChI=1S/C39H55NO4/c1-24-9-11-27(12-10-24)40-32(42)23-44-34(43)39-20-15-25(2)26(3)33(39)28-13-14-30-36(6)18-17-31(41)35(4,5)29(36)16-19-38(30,8)37(28,7)21-22-39/h9-13,25-26,29-30,33H,14-23H2,1-8H3,(H,40,42)/t25-,26+,29+,30-,33+,36+,37-,38-,39+/m1/s1. The lowest BCUT2D eigenvalue weighted by Crippen LogP contribution is -2.65. The molecule has 5 aliphatic carbocycles. The van der Waals surface area contributed by atoms with Crippen LogP contribution in [0.1, 0.15) is 112 Å². The summed E-state index contributed by atoms with van der Waals surface area (Å²) in [7, 11) is 0. The third-order valence-corrected chi connectivity index (χ3v) is 14.8. The molecule has 0 aromatic heterocycles. The van der Waals surface area contributed by atoms with E-state index in [0.717, 1.165) is 56.9 Å². The quantitative estimate of drug-likeness (QED) is 0.277. The molecule has 0 saturated heterocycles. The molecule has 4 saturated carbocycles. The Morgan fingerprint density at radius 3 is 2.32 bits per heavy atom. The predicted molar refractivity (Wildman–Crippen MR) is 175 cm³/mol. The monoisotopic (exact) mass is 601 g/mol. The number of allylic oxidation sites excluding steroid dienone is 2. The number of esters is 1. The van der Waals surface area contributed by atoms with Crippen molar-refractivity contribution in [3.8, 4) is 0 Å². The Labute approximate surface area is 265 Å². The van der Waals surface area contributed by atoms with Crippen molar-refractivity contribution in [3.05, 3.63) is 41.5 Å². The van der Waals surface area contributed by atoms with Crippen molar-refractivity contribution in [2.24, 2.45) is 56.7 Å². The van der Waals surface area contributed by atoms with E-state index in [4.69, 9.17) is 4.74 Å². The minimum absolute atomic E-state index is 0.00191. The fourth-order valence-corrected chi connectivity index (χ4v) is 11.8. The summed E-state index contributed by atoms with van der Waals surface area (Å²) < 4.78 is 5.94. The topological polar surface area (TPSA) is 72.5 Å². The lowest BCUT2D eigenvalue weighted by Gasteiger charge is -2.70. The number of carbonyl (C=O) groups is 3. The van der Waals surface area contributed by atoms with Crippen LogP contribution in [0.4, 0.5) is 5.69 Å². The Morgan fingerprint density at radius 1 is 0.909 bits per heavy atom. The van der Waals surface area contributed by atoms with Gasteiger partial charge in [0.25, 0.3) is 5.91 Å². The van der Waals surface area contributed by atoms with Gasteiger partial charge in [-0.25, -0.2) is 0 Å². The van der Waals surface area contributed by atoms with E-state index in [9.17, 15) is 14.4 Å². The molecular weight excluding hydrogens is 546 g/mol. The average Bonchev–Trinajstić information content (AvgIpc) is 2.97. The highest BCUT2D eigenvalue weighted by atomic mass is 16.5. The van der Waals surface area contributed by atoms with Crippen LogP contribution in [0.25, 0.3) is 0 Å². The van der Waals surface area contributed by atoms with Gasteiger partial charge in [0.15, 0.2) is 6.61 Å². The Kier molecular flexibility index (Phi) is 7.57. The molecule has 1 amide bonds. The molecule has 0 heterocycles. The second-order valence-electron chi connectivity index (χ2n) is 16.9. The lowest BCUT2D eigenvalue weighted by molar-refractivity contribution is -0.192. The Balaban J connectivity index is 1.29. The molecule has 0 spiro atoms. The van der Waals surface area contributed by atoms with Gasteiger partial charge >= 0.3 is 5.97 Å². The summed E-state index contributed by atoms with van der Waals surface area (Å²) in [5, 5.41) is 2.89. The third-order valence-electron chi connectivity index (χ3n) is 14.8. The van der Waals surface area contributed by atoms with Crippen LogP contribution in [0.5, 0.6) is 0 Å². The number of Topliss-reactive ketones (excluding diaryl/α,β-unsaturated/α-hetero) is 1. The fraction of sp³-hybridized carbons (Fsp3) is 0.718. The molecule has 5 aliphatic rings. The van der Waals surface area contributed by atoms with Crippen molar-refractivity contribution in [2.75, 3.05) is 11.9 Å². The van der Waals surface area contributed by atoms with Gasteiger partial charge in [0.2, 0.25) is 0 Å². The van der Waals surface area contributed by atoms with Crippen LogP contribution in [0.15, 0.2) is 35.9 Å². The first-order valence-corrected chi connectivity index (χ1v) is 17.4. The van der Waals surface area contributed by atoms with Crippen LogP contribution in [0.2, 0.25) is 0 Å². The van der Waals surface area contributed by atoms with E-state index < -0.39 is 5.41 Å². The molecule has 4 fully saturated rings. The Morgan fingerprint density at radius 2 is 1.61 bits per heavy atom. The molecule has 1 aromatic carbocycles. The van der Waals surface area contributed by atoms with Crippen molar-refractivity contribution < 1.29 is 19.1 Å². The highest BCUT2D eigenvalue weighted by Gasteiger charge is 2.69. The molecule has 6 rings (SSSR count). The number of carbonyl (C=O) groups excluding carboxylic acids is 3. The van der Waals surface area contributed by atoms with Gasteiger partial charge in [-0.05, 0) is 116 Å². The summed E-state index contributed by atoms with van der Waals surface area (Å²) in [5.74, 6) is 1.93. The predicted octanol–water partition coefficient (Wildman–Crippen LogP) is 8.70. The van der Waals surface area contributed by atoms with Crippen LogP contribution in [-0.4, -0.2) is 24.3 Å². The third kappa shape index (κ3) is 4.41. The second kappa shape index (κ2) is 10.6. The van der Waals surface area contributed by atoms with Gasteiger partial charge < -0.3 is 10.1 Å². The van der Waals surface area contributed by atoms with Crippen LogP contribution in [-0.2, 0) is 19.1 Å². The molecule has 0 unspecified atom stereocenters. The molecular formula is C39H55NO4. The summed E-state index contributed by atoms with van der Waals surface area (Å²) in [6, 6.07) is 7.66. The number of benzene rings is 1. The minimum Gasteiger partial charge on any atom is -0.455 e. The summed E-state index contributed by atoms with van der Waals surface area (Å²) in [5.41, 5.74) is 2.75. The van der Waals surface area contributed by atoms with Gasteiger partial charge in [-0.3, -0.25) is 14.4 Å². The van der Waals surface area contributed by atoms with Gasteiger partial charge in [0.05, 0.1) is 5.41 Å². The molecule has 1 aromatic rings. The number of hydrogen-bond acceptors (Lipinski definition) is 4. The molecule has 9 atom stereocenters. The zero-order valence-corrected chi connectivity index (χ0v) is 28.5. The highest BCUT2D eigenvalue weighted by Crippen LogP contribution is 2.75. The largest absolute Gasteiger partial charge is 0.455 e. The van der Waals surface area contributed by atoms with Gasteiger partial charge in [0.1, 0.15) is 5.78 Å². The van der Waals surface area contributed by atoms with Crippen LogP contribution >= 0.6 is 0 Å². The summed E-state index contributed by atoms with van der Waals surface area (Å²) in [6.07, 6.45) is 11.1. The van der Waals surface area contributed by atoms with Crippen molar-refractivity contribution in [1.82, 2.24) is 0 Å². The summed E-state index contributed by atoms with van der Waals surface area (Å²) >= 11 is 0. The maximum Gasteiger partial charge on any atom is 0.313 e. The number of ketones is 1. The molecule has 5 nitrogen and oxygen atoms in total. The normalized spacial score (nSPS) is 42.5. The van der Waals surface area contributed by atoms with Crippen molar-refractivity contribution in [2.45, 2.75) is 113 Å². The summed E-state index contributed by atoms with van der Waals surface area (Å²) in [6.45, 7) is 18.5. The van der Waals surface area contributed by atoms with E-state index in [1.165, 1.54) is 5.57 Å². The van der Waals surface area contributed by atoms with E-state index >= 15 is 0 Å². The molecule has 5 heteroatoms. The number of aryl methyl sites for hydroxylation is 1. The first kappa shape index (κ1) is 31.5. The first-order valence-electron chi connectivity index (χ1n) is 17.4. The fourth-order valence-electron chi connectivity index (χ4n) is 11.8. The lowest BCUT2D eigenvalue weighted by atomic mass is 9.33. The number of amides is 1. The first-order chi connectivity index (χ1) is 20.6. The molecule has 0 bridgehead atoms. The van der Waals surface area contributed by atoms with Crippen molar-refractivity contribution >= 4 is 23.3 Å². The molecule has 0 aliphatic heterocycles. The van der Waals surface area contributed by atoms with Crippen LogP contribution < -0.4 is 5.32 Å². The number of ether oxygens (including phenoxy) is 1. The van der Waals surface area contributed by atoms with Crippen LogP contribution in [0, 0.1) is 63.6 Å². The number of rotatable bonds is 4. The number of hydrogen-bond donors (Lipinski definition) is 1. The minimum atomic E-state index is -0.578.